The molecule has 0 saturated carbocycles. The highest BCUT2D eigenvalue weighted by molar-refractivity contribution is 14.1. The molecule has 0 saturated heterocycles. The zero-order valence-corrected chi connectivity index (χ0v) is 16.3. The van der Waals surface area contributed by atoms with Crippen LogP contribution in [0.25, 0.3) is 5.65 Å². The van der Waals surface area contributed by atoms with Crippen LogP contribution in [0.2, 0.25) is 0 Å². The van der Waals surface area contributed by atoms with Gasteiger partial charge in [-0.2, -0.15) is 9.61 Å². The van der Waals surface area contributed by atoms with E-state index in [4.69, 9.17) is 4.74 Å². The van der Waals surface area contributed by atoms with Gasteiger partial charge < -0.3 is 4.74 Å². The average Bonchev–Trinajstić information content (AvgIpc) is 2.99. The van der Waals surface area contributed by atoms with Gasteiger partial charge in [0.2, 0.25) is 0 Å². The standard InChI is InChI=1S/C17H18IN5O2/c1-17(2,3)25-16(24)22(11-12-5-4-7-19-10-12)15-9-13(18)21-14-6-8-20-23(14)15/h4-10H,11H2,1-3H3. The Hall–Kier alpha value is -2.23. The van der Waals surface area contributed by atoms with E-state index < -0.39 is 11.7 Å². The minimum absolute atomic E-state index is 0.317. The first-order valence-corrected chi connectivity index (χ1v) is 8.81. The fraction of sp³-hybridized carbons (Fsp3) is 0.294. The van der Waals surface area contributed by atoms with Crippen molar-refractivity contribution in [3.8, 4) is 0 Å². The molecule has 0 aromatic carbocycles. The van der Waals surface area contributed by atoms with Crippen molar-refractivity contribution in [1.82, 2.24) is 19.6 Å². The summed E-state index contributed by atoms with van der Waals surface area (Å²) in [5.74, 6) is 0.595. The molecule has 0 spiro atoms. The van der Waals surface area contributed by atoms with Crippen molar-refractivity contribution in [3.63, 3.8) is 0 Å². The second kappa shape index (κ2) is 6.95. The molecule has 1 amide bonds. The number of rotatable bonds is 3. The van der Waals surface area contributed by atoms with Gasteiger partial charge in [-0.15, -0.1) is 0 Å². The van der Waals surface area contributed by atoms with E-state index in [1.165, 1.54) is 0 Å². The van der Waals surface area contributed by atoms with Gasteiger partial charge in [-0.05, 0) is 55.0 Å². The van der Waals surface area contributed by atoms with Crippen LogP contribution in [0.4, 0.5) is 10.6 Å². The van der Waals surface area contributed by atoms with E-state index in [9.17, 15) is 4.79 Å². The third-order valence-electron chi connectivity index (χ3n) is 3.26. The number of fused-ring (bicyclic) bond motifs is 1. The summed E-state index contributed by atoms with van der Waals surface area (Å²) in [5.41, 5.74) is 0.954. The molecule has 8 heteroatoms. The Bertz CT molecular complexity index is 889. The van der Waals surface area contributed by atoms with E-state index in [1.807, 2.05) is 32.9 Å². The van der Waals surface area contributed by atoms with Gasteiger partial charge >= 0.3 is 6.09 Å². The maximum absolute atomic E-state index is 12.9. The number of aromatic nitrogens is 4. The number of nitrogens with zero attached hydrogens (tertiary/aromatic N) is 5. The summed E-state index contributed by atoms with van der Waals surface area (Å²) < 4.78 is 7.99. The molecule has 3 aromatic heterocycles. The molecular formula is C17H18IN5O2. The number of halogens is 1. The number of pyridine rings is 1. The van der Waals surface area contributed by atoms with E-state index in [0.717, 1.165) is 9.26 Å². The monoisotopic (exact) mass is 451 g/mol. The molecule has 25 heavy (non-hydrogen) atoms. The average molecular weight is 451 g/mol. The summed E-state index contributed by atoms with van der Waals surface area (Å²) in [5, 5.41) is 4.29. The lowest BCUT2D eigenvalue weighted by Crippen LogP contribution is -2.37. The number of carbonyl (C=O) groups excluding carboxylic acids is 1. The van der Waals surface area contributed by atoms with Crippen molar-refractivity contribution in [2.45, 2.75) is 32.9 Å². The van der Waals surface area contributed by atoms with Crippen LogP contribution < -0.4 is 4.90 Å². The topological polar surface area (TPSA) is 72.6 Å². The zero-order chi connectivity index (χ0) is 18.0. The van der Waals surface area contributed by atoms with Crippen LogP contribution in [0.3, 0.4) is 0 Å². The molecule has 3 aromatic rings. The molecule has 3 heterocycles. The second-order valence-corrected chi connectivity index (χ2v) is 7.57. The van der Waals surface area contributed by atoms with Gasteiger partial charge in [0.25, 0.3) is 0 Å². The van der Waals surface area contributed by atoms with Crippen LogP contribution in [0, 0.1) is 3.70 Å². The minimum Gasteiger partial charge on any atom is -0.443 e. The van der Waals surface area contributed by atoms with Gasteiger partial charge in [0.15, 0.2) is 5.65 Å². The summed E-state index contributed by atoms with van der Waals surface area (Å²) in [6, 6.07) is 7.35. The summed E-state index contributed by atoms with van der Waals surface area (Å²) >= 11 is 2.12. The van der Waals surface area contributed by atoms with Crippen LogP contribution in [-0.4, -0.2) is 31.3 Å². The zero-order valence-electron chi connectivity index (χ0n) is 14.2. The lowest BCUT2D eigenvalue weighted by Gasteiger charge is -2.27. The van der Waals surface area contributed by atoms with Gasteiger partial charge in [-0.3, -0.25) is 9.88 Å². The summed E-state index contributed by atoms with van der Waals surface area (Å²) in [7, 11) is 0. The molecule has 0 unspecified atom stereocenters. The predicted molar refractivity (Wildman–Crippen MR) is 102 cm³/mol. The van der Waals surface area contributed by atoms with Crippen molar-refractivity contribution < 1.29 is 9.53 Å². The fourth-order valence-electron chi connectivity index (χ4n) is 2.29. The van der Waals surface area contributed by atoms with Crippen LogP contribution in [0.1, 0.15) is 26.3 Å². The Balaban J connectivity index is 2.06. The Kier molecular flexibility index (Phi) is 4.89. The summed E-state index contributed by atoms with van der Waals surface area (Å²) in [6.45, 7) is 5.84. The summed E-state index contributed by atoms with van der Waals surface area (Å²) in [6.07, 6.45) is 4.63. The largest absolute Gasteiger partial charge is 0.443 e. The van der Waals surface area contributed by atoms with Crippen LogP contribution >= 0.6 is 22.6 Å². The Labute approximate surface area is 159 Å². The third-order valence-corrected chi connectivity index (χ3v) is 3.82. The number of ether oxygens (including phenoxy) is 1. The maximum atomic E-state index is 12.9. The van der Waals surface area contributed by atoms with Crippen LogP contribution in [0.15, 0.2) is 42.9 Å². The molecule has 0 aliphatic heterocycles. The Morgan fingerprint density at radius 1 is 1.32 bits per heavy atom. The van der Waals surface area contributed by atoms with E-state index in [0.29, 0.717) is 18.0 Å². The fourth-order valence-corrected chi connectivity index (χ4v) is 2.82. The highest BCUT2D eigenvalue weighted by Gasteiger charge is 2.26. The first-order chi connectivity index (χ1) is 11.8. The van der Waals surface area contributed by atoms with Gasteiger partial charge in [-0.25, -0.2) is 9.78 Å². The SMILES string of the molecule is CC(C)(C)OC(=O)N(Cc1cccnc1)c1cc(I)nc2ccnn12. The first-order valence-electron chi connectivity index (χ1n) is 7.73. The number of amides is 1. The van der Waals surface area contributed by atoms with Crippen molar-refractivity contribution in [3.05, 3.63) is 52.1 Å². The van der Waals surface area contributed by atoms with Crippen molar-refractivity contribution in [2.75, 3.05) is 4.90 Å². The lowest BCUT2D eigenvalue weighted by atomic mass is 10.2. The maximum Gasteiger partial charge on any atom is 0.416 e. The highest BCUT2D eigenvalue weighted by Crippen LogP contribution is 2.23. The number of hydrogen-bond donors (Lipinski definition) is 0. The van der Waals surface area contributed by atoms with Gasteiger partial charge in [-0.1, -0.05) is 6.07 Å². The molecule has 0 atom stereocenters. The number of hydrogen-bond acceptors (Lipinski definition) is 5. The number of carbonyl (C=O) groups is 1. The van der Waals surface area contributed by atoms with E-state index in [2.05, 4.69) is 37.7 Å². The summed E-state index contributed by atoms with van der Waals surface area (Å²) in [4.78, 5) is 22.9. The van der Waals surface area contributed by atoms with Crippen molar-refractivity contribution in [2.24, 2.45) is 0 Å². The first kappa shape index (κ1) is 17.6. The van der Waals surface area contributed by atoms with Gasteiger partial charge in [0.1, 0.15) is 15.1 Å². The molecule has 0 fully saturated rings. The lowest BCUT2D eigenvalue weighted by molar-refractivity contribution is 0.0575. The Morgan fingerprint density at radius 3 is 2.80 bits per heavy atom. The third kappa shape index (κ3) is 4.25. The van der Waals surface area contributed by atoms with Crippen molar-refractivity contribution >= 4 is 40.1 Å². The van der Waals surface area contributed by atoms with E-state index in [1.54, 1.807) is 40.1 Å². The minimum atomic E-state index is -0.603. The smallest absolute Gasteiger partial charge is 0.416 e. The molecule has 3 rings (SSSR count). The highest BCUT2D eigenvalue weighted by atomic mass is 127. The molecule has 7 nitrogen and oxygen atoms in total. The van der Waals surface area contributed by atoms with Crippen molar-refractivity contribution in [1.29, 1.82) is 0 Å². The molecule has 0 aliphatic rings. The predicted octanol–water partition coefficient (Wildman–Crippen LogP) is 3.67. The van der Waals surface area contributed by atoms with E-state index in [-0.39, 0.29) is 0 Å². The molecular weight excluding hydrogens is 433 g/mol. The Morgan fingerprint density at radius 2 is 2.12 bits per heavy atom. The molecule has 0 aliphatic carbocycles. The normalized spacial score (nSPS) is 11.5. The van der Waals surface area contributed by atoms with Crippen LogP contribution in [-0.2, 0) is 11.3 Å². The quantitative estimate of drug-likeness (QED) is 0.449. The molecule has 0 radical (unpaired) electrons. The second-order valence-electron chi connectivity index (χ2n) is 6.47. The van der Waals surface area contributed by atoms with Gasteiger partial charge in [0.05, 0.1) is 12.7 Å². The van der Waals surface area contributed by atoms with Crippen LogP contribution in [0.5, 0.6) is 0 Å². The van der Waals surface area contributed by atoms with E-state index >= 15 is 0 Å². The molecule has 130 valence electrons. The molecule has 0 bridgehead atoms. The van der Waals surface area contributed by atoms with Gasteiger partial charge in [0, 0.05) is 24.5 Å². The number of anilines is 1. The molecule has 0 N–H and O–H groups in total.